The van der Waals surface area contributed by atoms with Crippen molar-refractivity contribution < 1.29 is 23.7 Å². The number of aromatic nitrogens is 1. The van der Waals surface area contributed by atoms with Crippen molar-refractivity contribution in [2.24, 2.45) is 5.92 Å². The van der Waals surface area contributed by atoms with Gasteiger partial charge in [0.25, 0.3) is 5.91 Å². The largest absolute Gasteiger partial charge is 0.361 e. The molecule has 3 N–H and O–H groups in total. The Bertz CT molecular complexity index is 1310. The van der Waals surface area contributed by atoms with Crippen LogP contribution in [-0.2, 0) is 20.8 Å². The lowest BCUT2D eigenvalue weighted by atomic mass is 9.98. The average Bonchev–Trinajstić information content (AvgIpc) is 3.35. The zero-order valence-corrected chi connectivity index (χ0v) is 20.7. The van der Waals surface area contributed by atoms with E-state index >= 15 is 0 Å². The van der Waals surface area contributed by atoms with Gasteiger partial charge in [-0.2, -0.15) is 5.26 Å². The predicted molar refractivity (Wildman–Crippen MR) is 135 cm³/mol. The maximum atomic E-state index is 13.1. The van der Waals surface area contributed by atoms with Gasteiger partial charge in [-0.1, -0.05) is 54.5 Å². The van der Waals surface area contributed by atoms with Crippen molar-refractivity contribution in [3.05, 3.63) is 65.5 Å². The molecule has 3 aromatic rings. The number of nitrogens with one attached hydrogen (secondary N) is 3. The first-order chi connectivity index (χ1) is 17.8. The third kappa shape index (κ3) is 7.48. The molecule has 1 aromatic heterocycles. The highest BCUT2D eigenvalue weighted by Gasteiger charge is 2.25. The number of nitrogens with zero attached hydrogens (tertiary/aromatic N) is 2. The Labute approximate surface area is 214 Å². The van der Waals surface area contributed by atoms with Gasteiger partial charge in [0, 0.05) is 18.4 Å². The maximum absolute atomic E-state index is 13.1. The van der Waals surface area contributed by atoms with Crippen molar-refractivity contribution in [3.63, 3.8) is 0 Å². The van der Waals surface area contributed by atoms with Crippen LogP contribution in [0.15, 0.2) is 53.1 Å². The van der Waals surface area contributed by atoms with Crippen molar-refractivity contribution in [3.8, 4) is 6.07 Å². The summed E-state index contributed by atoms with van der Waals surface area (Å²) in [5.41, 5.74) is 0.867. The quantitative estimate of drug-likeness (QED) is 0.320. The predicted octanol–water partition coefficient (Wildman–Crippen LogP) is 2.22. The Hall–Kier alpha value is -4.52. The number of carbonyl (C=O) groups is 4. The molecule has 0 aliphatic rings. The van der Waals surface area contributed by atoms with Gasteiger partial charge in [0.05, 0.1) is 12.6 Å². The first kappa shape index (κ1) is 27.1. The van der Waals surface area contributed by atoms with Crippen LogP contribution in [-0.4, -0.2) is 47.8 Å². The van der Waals surface area contributed by atoms with Gasteiger partial charge in [-0.3, -0.25) is 14.4 Å². The molecule has 3 rings (SSSR count). The number of aldehydes is 1. The highest BCUT2D eigenvalue weighted by molar-refractivity contribution is 5.97. The van der Waals surface area contributed by atoms with E-state index < -0.39 is 36.3 Å². The normalized spacial score (nSPS) is 13.1. The van der Waals surface area contributed by atoms with Crippen LogP contribution in [0.4, 0.5) is 0 Å². The number of carbonyl (C=O) groups excluding carboxylic acids is 4. The summed E-state index contributed by atoms with van der Waals surface area (Å²) in [6.07, 6.45) is 1.66. The fourth-order valence-corrected chi connectivity index (χ4v) is 3.91. The lowest BCUT2D eigenvalue weighted by molar-refractivity contribution is -0.127. The number of rotatable bonds is 12. The molecule has 2 aromatic carbocycles. The second kappa shape index (κ2) is 13.0. The average molecular weight is 504 g/mol. The second-order valence-electron chi connectivity index (χ2n) is 8.70. The monoisotopic (exact) mass is 503 g/mol. The van der Waals surface area contributed by atoms with E-state index in [2.05, 4.69) is 21.1 Å². The van der Waals surface area contributed by atoms with E-state index in [1.54, 1.807) is 6.92 Å². The Morgan fingerprint density at radius 2 is 1.89 bits per heavy atom. The molecule has 3 unspecified atom stereocenters. The van der Waals surface area contributed by atoms with Crippen LogP contribution in [0.2, 0.25) is 0 Å². The summed E-state index contributed by atoms with van der Waals surface area (Å²) in [5.74, 6) is -1.65. The molecule has 1 heterocycles. The Morgan fingerprint density at radius 3 is 2.57 bits per heavy atom. The molecule has 192 valence electrons. The van der Waals surface area contributed by atoms with E-state index in [1.807, 2.05) is 55.5 Å². The van der Waals surface area contributed by atoms with Crippen molar-refractivity contribution in [2.45, 2.75) is 45.2 Å². The first-order valence-corrected chi connectivity index (χ1v) is 12.0. The molecule has 0 radical (unpaired) electrons. The summed E-state index contributed by atoms with van der Waals surface area (Å²) in [4.78, 5) is 49.3. The molecule has 0 bridgehead atoms. The van der Waals surface area contributed by atoms with Gasteiger partial charge < -0.3 is 25.3 Å². The Balaban J connectivity index is 1.72. The standard InChI is InChI=1S/C27H29N5O5/c1-3-18(16-33)12-21(14-28)30-25(34)15-29-26(35)23(31-27(36)24-11-17(2)37-32-24)13-20-9-6-8-19-7-4-5-10-22(19)20/h4-11,16,18,21,23H,3,12-13,15H2,1-2H3,(H,29,35)(H,30,34)(H,31,36). The lowest BCUT2D eigenvalue weighted by Crippen LogP contribution is -2.51. The molecule has 10 heteroatoms. The van der Waals surface area contributed by atoms with Crippen LogP contribution in [0, 0.1) is 24.2 Å². The zero-order valence-electron chi connectivity index (χ0n) is 20.7. The highest BCUT2D eigenvalue weighted by Crippen LogP contribution is 2.20. The van der Waals surface area contributed by atoms with Crippen LogP contribution in [0.3, 0.4) is 0 Å². The number of benzene rings is 2. The first-order valence-electron chi connectivity index (χ1n) is 12.0. The molecule has 0 aliphatic heterocycles. The van der Waals surface area contributed by atoms with E-state index in [4.69, 9.17) is 4.52 Å². The van der Waals surface area contributed by atoms with Gasteiger partial charge in [-0.25, -0.2) is 0 Å². The van der Waals surface area contributed by atoms with Gasteiger partial charge in [-0.15, -0.1) is 0 Å². The van der Waals surface area contributed by atoms with Crippen LogP contribution in [0.5, 0.6) is 0 Å². The van der Waals surface area contributed by atoms with Crippen molar-refractivity contribution >= 4 is 34.8 Å². The second-order valence-corrected chi connectivity index (χ2v) is 8.70. The van der Waals surface area contributed by atoms with E-state index in [0.717, 1.165) is 22.6 Å². The molecular formula is C27H29N5O5. The van der Waals surface area contributed by atoms with Crippen molar-refractivity contribution in [2.75, 3.05) is 6.54 Å². The van der Waals surface area contributed by atoms with Crippen LogP contribution in [0.25, 0.3) is 10.8 Å². The lowest BCUT2D eigenvalue weighted by Gasteiger charge is -2.19. The smallest absolute Gasteiger partial charge is 0.274 e. The van der Waals surface area contributed by atoms with Crippen LogP contribution >= 0.6 is 0 Å². The van der Waals surface area contributed by atoms with E-state index in [0.29, 0.717) is 12.2 Å². The summed E-state index contributed by atoms with van der Waals surface area (Å²) >= 11 is 0. The molecule has 0 saturated carbocycles. The Morgan fingerprint density at radius 1 is 1.14 bits per heavy atom. The van der Waals surface area contributed by atoms with Crippen molar-refractivity contribution in [1.82, 2.24) is 21.1 Å². The summed E-state index contributed by atoms with van der Waals surface area (Å²) in [7, 11) is 0. The van der Waals surface area contributed by atoms with Crippen LogP contribution < -0.4 is 16.0 Å². The molecule has 0 saturated heterocycles. The zero-order chi connectivity index (χ0) is 26.8. The number of nitriles is 1. The molecule has 3 amide bonds. The topological polar surface area (TPSA) is 154 Å². The molecular weight excluding hydrogens is 474 g/mol. The minimum absolute atomic E-state index is 0.0310. The van der Waals surface area contributed by atoms with Crippen LogP contribution in [0.1, 0.15) is 41.6 Å². The summed E-state index contributed by atoms with van der Waals surface area (Å²) in [6.45, 7) is 3.06. The van der Waals surface area contributed by atoms with E-state index in [-0.39, 0.29) is 24.5 Å². The molecule has 3 atom stereocenters. The molecule has 0 spiro atoms. The third-order valence-electron chi connectivity index (χ3n) is 5.96. The van der Waals surface area contributed by atoms with E-state index in [1.165, 1.54) is 6.07 Å². The molecule has 0 aliphatic carbocycles. The minimum Gasteiger partial charge on any atom is -0.361 e. The minimum atomic E-state index is -1.02. The van der Waals surface area contributed by atoms with Crippen molar-refractivity contribution in [1.29, 1.82) is 5.26 Å². The van der Waals surface area contributed by atoms with Gasteiger partial charge in [-0.05, 0) is 36.1 Å². The van der Waals surface area contributed by atoms with Gasteiger partial charge in [0.1, 0.15) is 24.1 Å². The summed E-state index contributed by atoms with van der Waals surface area (Å²) < 4.78 is 4.96. The molecule has 0 fully saturated rings. The van der Waals surface area contributed by atoms with Gasteiger partial charge >= 0.3 is 0 Å². The third-order valence-corrected chi connectivity index (χ3v) is 5.96. The highest BCUT2D eigenvalue weighted by atomic mass is 16.5. The number of hydrogen-bond donors (Lipinski definition) is 3. The molecule has 10 nitrogen and oxygen atoms in total. The van der Waals surface area contributed by atoms with E-state index in [9.17, 15) is 24.4 Å². The number of amides is 3. The molecule has 37 heavy (non-hydrogen) atoms. The van der Waals surface area contributed by atoms with Gasteiger partial charge in [0.15, 0.2) is 5.69 Å². The fraction of sp³-hybridized carbons (Fsp3) is 0.333. The summed E-state index contributed by atoms with van der Waals surface area (Å²) in [6, 6.07) is 14.9. The Kier molecular flexibility index (Phi) is 9.49. The number of aryl methyl sites for hydroxylation is 1. The number of fused-ring (bicyclic) bond motifs is 1. The fourth-order valence-electron chi connectivity index (χ4n) is 3.91. The number of hydrogen-bond acceptors (Lipinski definition) is 7. The SMILES string of the molecule is CCC(C=O)CC(C#N)NC(=O)CNC(=O)C(Cc1cccc2ccccc12)NC(=O)c1cc(C)on1. The van der Waals surface area contributed by atoms with Gasteiger partial charge in [0.2, 0.25) is 11.8 Å². The summed E-state index contributed by atoms with van der Waals surface area (Å²) in [5, 5.41) is 22.7. The maximum Gasteiger partial charge on any atom is 0.274 e.